The van der Waals surface area contributed by atoms with Crippen LogP contribution in [0.3, 0.4) is 0 Å². The molecule has 6 aromatic carbocycles. The van der Waals surface area contributed by atoms with E-state index in [-0.39, 0.29) is 23.3 Å². The SMILES string of the molecule is COc1ccc(/C=N/NC(=O)c2ccc3c4c(ccc3c2)N2Cc3c(ccc5cc(C(=O)N/N=C/c6ccc(OC)cc6O)ccc35)N(C4)C2)c(O)c1. The Hall–Kier alpha value is -7.08. The van der Waals surface area contributed by atoms with Crippen LogP contribution in [0.1, 0.15) is 43.0 Å². The van der Waals surface area contributed by atoms with Gasteiger partial charge in [0.2, 0.25) is 0 Å². The number of anilines is 2. The van der Waals surface area contributed by atoms with E-state index in [0.29, 0.717) is 46.8 Å². The Labute approximate surface area is 304 Å². The summed E-state index contributed by atoms with van der Waals surface area (Å²) in [5.74, 6) is 0.313. The van der Waals surface area contributed by atoms with E-state index in [1.807, 2.05) is 36.4 Å². The lowest BCUT2D eigenvalue weighted by atomic mass is 9.93. The van der Waals surface area contributed by atoms with E-state index < -0.39 is 0 Å². The third kappa shape index (κ3) is 6.27. The molecule has 12 nitrogen and oxygen atoms in total. The summed E-state index contributed by atoms with van der Waals surface area (Å²) in [5, 5.41) is 32.4. The van der Waals surface area contributed by atoms with Crippen molar-refractivity contribution in [3.8, 4) is 23.0 Å². The number of carbonyl (C=O) groups excluding carboxylic acids is 2. The number of amides is 2. The summed E-state index contributed by atoms with van der Waals surface area (Å²) in [4.78, 5) is 30.7. The van der Waals surface area contributed by atoms with E-state index in [0.717, 1.165) is 39.6 Å². The van der Waals surface area contributed by atoms with Gasteiger partial charge in [0, 0.05) is 70.0 Å². The van der Waals surface area contributed by atoms with Gasteiger partial charge >= 0.3 is 0 Å². The van der Waals surface area contributed by atoms with Crippen LogP contribution < -0.4 is 30.1 Å². The van der Waals surface area contributed by atoms with Crippen molar-refractivity contribution in [2.24, 2.45) is 10.2 Å². The van der Waals surface area contributed by atoms with Gasteiger partial charge in [-0.2, -0.15) is 10.2 Å². The summed E-state index contributed by atoms with van der Waals surface area (Å²) in [6, 6.07) is 29.3. The van der Waals surface area contributed by atoms with Crippen molar-refractivity contribution in [2.45, 2.75) is 13.1 Å². The van der Waals surface area contributed by atoms with Crippen molar-refractivity contribution in [1.82, 2.24) is 10.9 Å². The quantitative estimate of drug-likeness (QED) is 0.107. The van der Waals surface area contributed by atoms with Crippen molar-refractivity contribution >= 4 is 57.2 Å². The molecule has 264 valence electrons. The molecule has 2 bridgehead atoms. The molecule has 0 radical (unpaired) electrons. The zero-order valence-corrected chi connectivity index (χ0v) is 28.8. The number of hydrogen-bond donors (Lipinski definition) is 4. The highest BCUT2D eigenvalue weighted by Gasteiger charge is 2.31. The molecule has 0 aliphatic carbocycles. The molecule has 12 heteroatoms. The summed E-state index contributed by atoms with van der Waals surface area (Å²) in [6.45, 7) is 2.15. The molecule has 0 atom stereocenters. The van der Waals surface area contributed by atoms with Crippen LogP contribution >= 0.6 is 0 Å². The van der Waals surface area contributed by atoms with Crippen molar-refractivity contribution in [2.75, 3.05) is 30.7 Å². The number of phenols is 2. The van der Waals surface area contributed by atoms with Gasteiger partial charge in [0.1, 0.15) is 23.0 Å². The maximum Gasteiger partial charge on any atom is 0.271 e. The molecule has 2 heterocycles. The number of carbonyl (C=O) groups is 2. The zero-order valence-electron chi connectivity index (χ0n) is 28.8. The van der Waals surface area contributed by atoms with Gasteiger partial charge in [-0.25, -0.2) is 10.9 Å². The molecule has 0 unspecified atom stereocenters. The average Bonchev–Trinajstić information content (AvgIpc) is 3.18. The van der Waals surface area contributed by atoms with E-state index in [4.69, 9.17) is 9.47 Å². The van der Waals surface area contributed by atoms with Crippen LogP contribution in [-0.4, -0.2) is 55.3 Å². The van der Waals surface area contributed by atoms with Gasteiger partial charge in [0.05, 0.1) is 33.3 Å². The third-order valence-electron chi connectivity index (χ3n) is 9.67. The Kier molecular flexibility index (Phi) is 8.47. The number of nitrogens with one attached hydrogen (secondary N) is 2. The number of aromatic hydroxyl groups is 2. The normalized spacial score (nSPS) is 13.3. The zero-order chi connectivity index (χ0) is 36.6. The molecular formula is C41H34N6O6. The molecule has 0 fully saturated rings. The molecule has 6 aromatic rings. The fourth-order valence-electron chi connectivity index (χ4n) is 6.95. The lowest BCUT2D eigenvalue weighted by molar-refractivity contribution is 0.0947. The van der Waals surface area contributed by atoms with Crippen LogP contribution in [0.5, 0.6) is 23.0 Å². The topological polar surface area (TPSA) is 148 Å². The Bertz CT molecular complexity index is 2340. The van der Waals surface area contributed by atoms with Gasteiger partial charge in [0.15, 0.2) is 0 Å². The van der Waals surface area contributed by atoms with Gasteiger partial charge < -0.3 is 29.5 Å². The first kappa shape index (κ1) is 33.1. The molecule has 0 aromatic heterocycles. The molecule has 2 amide bonds. The standard InChI is InChI=1S/C41H34N6O6/c1-52-30-9-3-28(38(48)17-30)19-42-44-40(50)26-5-11-32-24(15-26)7-13-36-34(32)21-46-23-47(36)22-35-33-12-6-27(16-25(33)8-14-37(35)46)41(51)45-43-20-29-4-10-31(53-2)18-39(29)49/h3-20,48-49H,21-23H2,1-2H3,(H,44,50)(H,45,51)/b42-19+,43-20+. The van der Waals surface area contributed by atoms with Gasteiger partial charge in [-0.05, 0) is 82.2 Å². The minimum absolute atomic E-state index is 0.00407. The van der Waals surface area contributed by atoms with E-state index in [1.165, 1.54) is 49.9 Å². The summed E-state index contributed by atoms with van der Waals surface area (Å²) < 4.78 is 10.2. The van der Waals surface area contributed by atoms with E-state index in [9.17, 15) is 19.8 Å². The summed E-state index contributed by atoms with van der Waals surface area (Å²) >= 11 is 0. The van der Waals surface area contributed by atoms with Crippen LogP contribution in [0.25, 0.3) is 21.5 Å². The molecule has 8 rings (SSSR count). The number of hydrogen-bond acceptors (Lipinski definition) is 10. The first-order chi connectivity index (χ1) is 25.8. The number of ether oxygens (including phenoxy) is 2. The van der Waals surface area contributed by atoms with Crippen LogP contribution in [0, 0.1) is 0 Å². The Balaban J connectivity index is 0.982. The molecule has 0 saturated carbocycles. The number of nitrogens with zero attached hydrogens (tertiary/aromatic N) is 4. The van der Waals surface area contributed by atoms with Crippen LogP contribution in [0.2, 0.25) is 0 Å². The highest BCUT2D eigenvalue weighted by molar-refractivity contribution is 6.03. The van der Waals surface area contributed by atoms with E-state index in [2.05, 4.69) is 43.0 Å². The molecule has 4 N–H and O–H groups in total. The fourth-order valence-corrected chi connectivity index (χ4v) is 6.95. The molecule has 2 aliphatic heterocycles. The number of phenolic OH excluding ortho intramolecular Hbond substituents is 2. The second-order valence-corrected chi connectivity index (χ2v) is 12.8. The average molecular weight is 707 g/mol. The number of methoxy groups -OCH3 is 2. The van der Waals surface area contributed by atoms with Crippen molar-refractivity contribution in [3.63, 3.8) is 0 Å². The number of rotatable bonds is 8. The Morgan fingerprint density at radius 1 is 0.623 bits per heavy atom. The molecule has 53 heavy (non-hydrogen) atoms. The third-order valence-corrected chi connectivity index (χ3v) is 9.67. The fraction of sp³-hybridized carbons (Fsp3) is 0.122. The highest BCUT2D eigenvalue weighted by Crippen LogP contribution is 2.43. The van der Waals surface area contributed by atoms with Gasteiger partial charge in [-0.15, -0.1) is 0 Å². The predicted octanol–water partition coefficient (Wildman–Crippen LogP) is 6.25. The monoisotopic (exact) mass is 706 g/mol. The maximum atomic E-state index is 13.0. The summed E-state index contributed by atoms with van der Waals surface area (Å²) in [6.07, 6.45) is 2.77. The second kappa shape index (κ2) is 13.6. The predicted molar refractivity (Wildman–Crippen MR) is 205 cm³/mol. The van der Waals surface area contributed by atoms with E-state index >= 15 is 0 Å². The highest BCUT2D eigenvalue weighted by atomic mass is 16.5. The molecular weight excluding hydrogens is 672 g/mol. The van der Waals surface area contributed by atoms with Crippen molar-refractivity contribution in [3.05, 3.63) is 130 Å². The maximum absolute atomic E-state index is 13.0. The van der Waals surface area contributed by atoms with E-state index in [1.54, 1.807) is 36.4 Å². The molecule has 2 aliphatic rings. The molecule has 0 spiro atoms. The van der Waals surface area contributed by atoms with Crippen molar-refractivity contribution < 1.29 is 29.3 Å². The summed E-state index contributed by atoms with van der Waals surface area (Å²) in [7, 11) is 3.04. The minimum Gasteiger partial charge on any atom is -0.507 e. The van der Waals surface area contributed by atoms with Gasteiger partial charge in [-0.3, -0.25) is 9.59 Å². The summed E-state index contributed by atoms with van der Waals surface area (Å²) in [5.41, 5.74) is 11.6. The second-order valence-electron chi connectivity index (χ2n) is 12.8. The van der Waals surface area contributed by atoms with Crippen LogP contribution in [0.4, 0.5) is 11.4 Å². The molecule has 0 saturated heterocycles. The number of hydrazone groups is 2. The first-order valence-electron chi connectivity index (χ1n) is 16.8. The number of benzene rings is 6. The number of fused-ring (bicyclic) bond motifs is 10. The lowest BCUT2D eigenvalue weighted by Gasteiger charge is -2.45. The smallest absolute Gasteiger partial charge is 0.271 e. The van der Waals surface area contributed by atoms with Crippen LogP contribution in [-0.2, 0) is 13.1 Å². The lowest BCUT2D eigenvalue weighted by Crippen LogP contribution is -2.46. The van der Waals surface area contributed by atoms with Gasteiger partial charge in [-0.1, -0.05) is 24.3 Å². The van der Waals surface area contributed by atoms with Gasteiger partial charge in [0.25, 0.3) is 11.8 Å². The first-order valence-corrected chi connectivity index (χ1v) is 16.8. The Morgan fingerprint density at radius 2 is 1.08 bits per heavy atom. The van der Waals surface area contributed by atoms with Crippen molar-refractivity contribution in [1.29, 1.82) is 0 Å². The Morgan fingerprint density at radius 3 is 1.49 bits per heavy atom. The van der Waals surface area contributed by atoms with Crippen LogP contribution in [0.15, 0.2) is 107 Å². The largest absolute Gasteiger partial charge is 0.507 e. The minimum atomic E-state index is -0.360.